The average Bonchev–Trinajstić information content (AvgIpc) is 3.29. The number of anilines is 3. The highest BCUT2D eigenvalue weighted by Gasteiger charge is 2.51. The van der Waals surface area contributed by atoms with E-state index in [1.807, 2.05) is 26.1 Å². The number of nitrogens with zero attached hydrogens (tertiary/aromatic N) is 7. The SMILES string of the molecule is Cc1cc(Nc2ncc(C)c(N3CC(CC#N)(N4CCN5CC(F)CC5C4)C3)n2)sn1. The maximum Gasteiger partial charge on any atom is 0.229 e. The number of rotatable bonds is 5. The molecule has 8 nitrogen and oxygen atoms in total. The summed E-state index contributed by atoms with van der Waals surface area (Å²) < 4.78 is 18.2. The third-order valence-corrected chi connectivity index (χ3v) is 7.52. The predicted octanol–water partition coefficient (Wildman–Crippen LogP) is 2.49. The monoisotopic (exact) mass is 442 g/mol. The molecule has 0 aliphatic carbocycles. The molecule has 10 heteroatoms. The number of alkyl halides is 1. The van der Waals surface area contributed by atoms with Gasteiger partial charge in [-0.05, 0) is 37.9 Å². The van der Waals surface area contributed by atoms with E-state index in [0.29, 0.717) is 25.3 Å². The fourth-order valence-corrected chi connectivity index (χ4v) is 5.80. The van der Waals surface area contributed by atoms with Crippen LogP contribution < -0.4 is 10.2 Å². The van der Waals surface area contributed by atoms with E-state index in [1.165, 1.54) is 11.5 Å². The van der Waals surface area contributed by atoms with E-state index in [-0.39, 0.29) is 11.6 Å². The molecular formula is C21H27FN8S. The summed E-state index contributed by atoms with van der Waals surface area (Å²) in [5.41, 5.74) is 1.79. The zero-order valence-electron chi connectivity index (χ0n) is 17.9. The van der Waals surface area contributed by atoms with Crippen molar-refractivity contribution in [2.45, 2.75) is 44.4 Å². The molecule has 0 spiro atoms. The highest BCUT2D eigenvalue weighted by atomic mass is 32.1. The molecular weight excluding hydrogens is 415 g/mol. The van der Waals surface area contributed by atoms with Crippen LogP contribution in [0.5, 0.6) is 0 Å². The second-order valence-corrected chi connectivity index (χ2v) is 9.81. The molecule has 3 fully saturated rings. The molecule has 2 atom stereocenters. The maximum absolute atomic E-state index is 13.9. The van der Waals surface area contributed by atoms with Gasteiger partial charge in [-0.15, -0.1) is 0 Å². The van der Waals surface area contributed by atoms with Crippen molar-refractivity contribution in [3.05, 3.63) is 23.5 Å². The van der Waals surface area contributed by atoms with Gasteiger partial charge in [0, 0.05) is 57.1 Å². The molecule has 2 unspecified atom stereocenters. The fraction of sp³-hybridized carbons (Fsp3) is 0.619. The van der Waals surface area contributed by atoms with Gasteiger partial charge in [0.25, 0.3) is 0 Å². The first-order valence-electron chi connectivity index (χ1n) is 10.7. The Morgan fingerprint density at radius 1 is 1.32 bits per heavy atom. The molecule has 0 saturated carbocycles. The predicted molar refractivity (Wildman–Crippen MR) is 119 cm³/mol. The smallest absolute Gasteiger partial charge is 0.229 e. The van der Waals surface area contributed by atoms with Gasteiger partial charge in [0.1, 0.15) is 17.0 Å². The van der Waals surface area contributed by atoms with Crippen LogP contribution >= 0.6 is 11.5 Å². The van der Waals surface area contributed by atoms with E-state index in [2.05, 4.69) is 35.4 Å². The van der Waals surface area contributed by atoms with Gasteiger partial charge in [0.15, 0.2) is 0 Å². The summed E-state index contributed by atoms with van der Waals surface area (Å²) in [4.78, 5) is 16.1. The molecule has 1 N–H and O–H groups in total. The molecule has 0 amide bonds. The Morgan fingerprint density at radius 2 is 2.16 bits per heavy atom. The fourth-order valence-electron chi connectivity index (χ4n) is 5.14. The van der Waals surface area contributed by atoms with Crippen LogP contribution in [0, 0.1) is 25.2 Å². The van der Waals surface area contributed by atoms with Crippen molar-refractivity contribution < 1.29 is 4.39 Å². The second kappa shape index (κ2) is 7.97. The lowest BCUT2D eigenvalue weighted by Gasteiger charge is -2.58. The van der Waals surface area contributed by atoms with Gasteiger partial charge in [-0.25, -0.2) is 9.37 Å². The number of aryl methyl sites for hydroxylation is 2. The van der Waals surface area contributed by atoms with Crippen molar-refractivity contribution in [3.63, 3.8) is 0 Å². The first-order chi connectivity index (χ1) is 15.0. The van der Waals surface area contributed by atoms with Crippen LogP contribution in [0.1, 0.15) is 24.1 Å². The van der Waals surface area contributed by atoms with Crippen LogP contribution in [-0.2, 0) is 0 Å². The lowest BCUT2D eigenvalue weighted by Crippen LogP contribution is -2.73. The van der Waals surface area contributed by atoms with E-state index >= 15 is 0 Å². The van der Waals surface area contributed by atoms with Crippen molar-refractivity contribution >= 4 is 28.3 Å². The highest BCUT2D eigenvalue weighted by molar-refractivity contribution is 7.10. The van der Waals surface area contributed by atoms with Crippen LogP contribution in [0.15, 0.2) is 12.3 Å². The number of nitriles is 1. The topological polar surface area (TPSA) is 84.2 Å². The summed E-state index contributed by atoms with van der Waals surface area (Å²) in [6, 6.07) is 4.65. The molecule has 164 valence electrons. The molecule has 3 aliphatic rings. The molecule has 5 heterocycles. The molecule has 2 aromatic rings. The molecule has 0 aromatic carbocycles. The van der Waals surface area contributed by atoms with Crippen molar-refractivity contribution in [3.8, 4) is 6.07 Å². The molecule has 5 rings (SSSR count). The zero-order valence-corrected chi connectivity index (χ0v) is 18.7. The Bertz CT molecular complexity index is 998. The molecule has 3 aliphatic heterocycles. The Morgan fingerprint density at radius 3 is 2.90 bits per heavy atom. The van der Waals surface area contributed by atoms with Gasteiger partial charge in [-0.2, -0.15) is 14.6 Å². The number of halogens is 1. The number of hydrogen-bond donors (Lipinski definition) is 1. The number of hydrogen-bond acceptors (Lipinski definition) is 9. The minimum absolute atomic E-state index is 0.186. The standard InChI is InChI=1S/C21H27FN8S/c1-14-9-24-20(25-18-7-15(2)27-31-18)26-19(14)29-12-21(13-29,3-4-23)30-6-5-28-10-16(22)8-17(28)11-30/h7,9,16-17H,3,5-6,8,10-13H2,1-2H3,(H,24,25,26). The van der Waals surface area contributed by atoms with E-state index < -0.39 is 6.17 Å². The van der Waals surface area contributed by atoms with Crippen LogP contribution in [0.3, 0.4) is 0 Å². The Labute approximate surface area is 185 Å². The summed E-state index contributed by atoms with van der Waals surface area (Å²) >= 11 is 1.39. The summed E-state index contributed by atoms with van der Waals surface area (Å²) in [7, 11) is 0. The number of piperazine rings is 1. The van der Waals surface area contributed by atoms with Crippen molar-refractivity contribution in [1.82, 2.24) is 24.1 Å². The van der Waals surface area contributed by atoms with Crippen molar-refractivity contribution in [2.24, 2.45) is 0 Å². The molecule has 0 radical (unpaired) electrons. The Balaban J connectivity index is 1.30. The first kappa shape index (κ1) is 20.5. The van der Waals surface area contributed by atoms with Crippen molar-refractivity contribution in [1.29, 1.82) is 5.26 Å². The normalized spacial score (nSPS) is 25.7. The van der Waals surface area contributed by atoms with Gasteiger partial charge in [0.2, 0.25) is 5.95 Å². The summed E-state index contributed by atoms with van der Waals surface area (Å²) in [6.07, 6.45) is 2.21. The Hall–Kier alpha value is -2.35. The Kier molecular flexibility index (Phi) is 5.28. The van der Waals surface area contributed by atoms with Crippen LogP contribution in [0.4, 0.5) is 21.2 Å². The second-order valence-electron chi connectivity index (χ2n) is 9.00. The van der Waals surface area contributed by atoms with E-state index in [9.17, 15) is 9.65 Å². The molecule has 2 aromatic heterocycles. The van der Waals surface area contributed by atoms with Crippen LogP contribution in [-0.4, -0.2) is 81.2 Å². The van der Waals surface area contributed by atoms with Crippen LogP contribution in [0.2, 0.25) is 0 Å². The minimum atomic E-state index is -0.716. The third kappa shape index (κ3) is 3.86. The minimum Gasteiger partial charge on any atom is -0.352 e. The molecule has 31 heavy (non-hydrogen) atoms. The quantitative estimate of drug-likeness (QED) is 0.756. The summed E-state index contributed by atoms with van der Waals surface area (Å²) in [5, 5.41) is 13.7. The van der Waals surface area contributed by atoms with Gasteiger partial charge in [-0.3, -0.25) is 9.80 Å². The van der Waals surface area contributed by atoms with Gasteiger partial charge in [-0.1, -0.05) is 0 Å². The van der Waals surface area contributed by atoms with Crippen molar-refractivity contribution in [2.75, 3.05) is 49.5 Å². The zero-order chi connectivity index (χ0) is 21.6. The number of fused-ring (bicyclic) bond motifs is 1. The van der Waals surface area contributed by atoms with E-state index in [4.69, 9.17) is 4.98 Å². The van der Waals surface area contributed by atoms with Gasteiger partial charge >= 0.3 is 0 Å². The van der Waals surface area contributed by atoms with E-state index in [1.54, 1.807) is 0 Å². The lowest BCUT2D eigenvalue weighted by molar-refractivity contribution is -0.000627. The summed E-state index contributed by atoms with van der Waals surface area (Å²) in [6.45, 7) is 8.65. The highest BCUT2D eigenvalue weighted by Crippen LogP contribution is 2.38. The van der Waals surface area contributed by atoms with Crippen LogP contribution in [0.25, 0.3) is 0 Å². The molecule has 0 bridgehead atoms. The molecule has 3 saturated heterocycles. The largest absolute Gasteiger partial charge is 0.352 e. The maximum atomic E-state index is 13.9. The van der Waals surface area contributed by atoms with E-state index in [0.717, 1.165) is 54.8 Å². The van der Waals surface area contributed by atoms with Gasteiger partial charge < -0.3 is 10.2 Å². The third-order valence-electron chi connectivity index (χ3n) is 6.72. The summed E-state index contributed by atoms with van der Waals surface area (Å²) in [5.74, 6) is 1.45. The number of aromatic nitrogens is 3. The first-order valence-corrected chi connectivity index (χ1v) is 11.5. The lowest BCUT2D eigenvalue weighted by atomic mass is 9.83. The van der Waals surface area contributed by atoms with Gasteiger partial charge in [0.05, 0.1) is 23.7 Å². The number of nitrogens with one attached hydrogen (secondary N) is 1. The average molecular weight is 443 g/mol.